The third-order valence-corrected chi connectivity index (χ3v) is 5.68. The van der Waals surface area contributed by atoms with E-state index >= 15 is 0 Å². The molecule has 1 amide bonds. The van der Waals surface area contributed by atoms with E-state index < -0.39 is 0 Å². The summed E-state index contributed by atoms with van der Waals surface area (Å²) < 4.78 is 21.5. The fourth-order valence-electron chi connectivity index (χ4n) is 4.30. The summed E-state index contributed by atoms with van der Waals surface area (Å²) in [7, 11) is 6.48. The summed E-state index contributed by atoms with van der Waals surface area (Å²) in [6.45, 7) is 3.66. The first-order valence-corrected chi connectivity index (χ1v) is 10.4. The number of carbonyl (C=O) groups excluding carboxylic acids is 1. The van der Waals surface area contributed by atoms with Gasteiger partial charge in [0.25, 0.3) is 0 Å². The maximum atomic E-state index is 12.3. The summed E-state index contributed by atoms with van der Waals surface area (Å²) in [5.41, 5.74) is 3.50. The molecule has 0 aromatic heterocycles. The fraction of sp³-hybridized carbons (Fsp3) is 0.458. The highest BCUT2D eigenvalue weighted by molar-refractivity contribution is 5.77. The van der Waals surface area contributed by atoms with Gasteiger partial charge in [0.05, 0.1) is 27.4 Å². The molecule has 0 saturated heterocycles. The summed E-state index contributed by atoms with van der Waals surface area (Å²) in [4.78, 5) is 14.7. The molecule has 0 unspecified atom stereocenters. The summed E-state index contributed by atoms with van der Waals surface area (Å²) in [5.74, 6) is 2.10. The molecule has 7 heteroatoms. The van der Waals surface area contributed by atoms with Crippen LogP contribution in [0.3, 0.4) is 0 Å². The van der Waals surface area contributed by atoms with Crippen LogP contribution in [0.15, 0.2) is 36.4 Å². The predicted molar refractivity (Wildman–Crippen MR) is 119 cm³/mol. The lowest BCUT2D eigenvalue weighted by Crippen LogP contribution is -2.48. The number of benzene rings is 2. The molecule has 2 aromatic carbocycles. The summed E-state index contributed by atoms with van der Waals surface area (Å²) in [5, 5.41) is 3.09. The number of methoxy groups -OCH3 is 4. The lowest BCUT2D eigenvalue weighted by Gasteiger charge is -2.41. The Bertz CT molecular complexity index is 902. The van der Waals surface area contributed by atoms with Crippen LogP contribution in [0, 0.1) is 0 Å². The molecule has 1 heterocycles. The van der Waals surface area contributed by atoms with E-state index in [0.29, 0.717) is 5.75 Å². The van der Waals surface area contributed by atoms with Crippen molar-refractivity contribution in [3.8, 4) is 17.2 Å². The molecule has 2 aromatic rings. The van der Waals surface area contributed by atoms with Gasteiger partial charge < -0.3 is 24.3 Å². The van der Waals surface area contributed by atoms with Crippen LogP contribution in [0.2, 0.25) is 0 Å². The molecule has 0 spiro atoms. The van der Waals surface area contributed by atoms with Crippen molar-refractivity contribution in [1.82, 2.24) is 10.2 Å². The minimum Gasteiger partial charge on any atom is -0.497 e. The molecule has 2 atom stereocenters. The highest BCUT2D eigenvalue weighted by Gasteiger charge is 2.33. The molecule has 168 valence electrons. The van der Waals surface area contributed by atoms with Gasteiger partial charge in [0.15, 0.2) is 11.5 Å². The Kier molecular flexibility index (Phi) is 7.76. The van der Waals surface area contributed by atoms with Gasteiger partial charge in [-0.25, -0.2) is 0 Å². The minimum absolute atomic E-state index is 0.0319. The largest absolute Gasteiger partial charge is 0.497 e. The number of ether oxygens (including phenoxy) is 4. The molecular formula is C24H32N2O5. The molecule has 3 rings (SSSR count). The van der Waals surface area contributed by atoms with Crippen LogP contribution in [0.4, 0.5) is 0 Å². The minimum atomic E-state index is -0.135. The first kappa shape index (κ1) is 22.9. The number of carbonyl (C=O) groups is 1. The molecule has 0 saturated carbocycles. The fourth-order valence-corrected chi connectivity index (χ4v) is 4.30. The number of rotatable bonds is 9. The second-order valence-corrected chi connectivity index (χ2v) is 7.71. The lowest BCUT2D eigenvalue weighted by atomic mass is 9.87. The first-order chi connectivity index (χ1) is 15.0. The van der Waals surface area contributed by atoms with Crippen LogP contribution < -0.4 is 19.5 Å². The van der Waals surface area contributed by atoms with Gasteiger partial charge in [0, 0.05) is 26.2 Å². The zero-order chi connectivity index (χ0) is 22.4. The number of nitrogens with one attached hydrogen (secondary N) is 1. The molecule has 1 N–H and O–H groups in total. The van der Waals surface area contributed by atoms with Gasteiger partial charge in [-0.05, 0) is 54.3 Å². The molecule has 0 fully saturated rings. The highest BCUT2D eigenvalue weighted by atomic mass is 16.5. The Balaban J connectivity index is 1.97. The van der Waals surface area contributed by atoms with Crippen molar-refractivity contribution in [2.45, 2.75) is 32.0 Å². The Morgan fingerprint density at radius 3 is 2.52 bits per heavy atom. The van der Waals surface area contributed by atoms with Gasteiger partial charge in [-0.2, -0.15) is 0 Å². The lowest BCUT2D eigenvalue weighted by molar-refractivity contribution is -0.125. The molecule has 31 heavy (non-hydrogen) atoms. The smallest absolute Gasteiger partial charge is 0.246 e. The molecule has 1 aliphatic heterocycles. The highest BCUT2D eigenvalue weighted by Crippen LogP contribution is 2.40. The van der Waals surface area contributed by atoms with E-state index in [4.69, 9.17) is 18.9 Å². The first-order valence-electron chi connectivity index (χ1n) is 10.4. The maximum absolute atomic E-state index is 12.3. The SMILES string of the molecule is COCC(=O)N[C@H](C)[C@@H]1c2cc(OC)c(OC)cc2CCN1Cc1cccc(OC)c1. The van der Waals surface area contributed by atoms with E-state index in [-0.39, 0.29) is 24.6 Å². The summed E-state index contributed by atoms with van der Waals surface area (Å²) in [6.07, 6.45) is 0.884. The average molecular weight is 429 g/mol. The summed E-state index contributed by atoms with van der Waals surface area (Å²) in [6, 6.07) is 12.0. The topological polar surface area (TPSA) is 69.3 Å². The van der Waals surface area contributed by atoms with E-state index in [0.717, 1.165) is 42.1 Å². The second kappa shape index (κ2) is 10.5. The third kappa shape index (κ3) is 5.29. The molecule has 7 nitrogen and oxygen atoms in total. The Morgan fingerprint density at radius 2 is 1.84 bits per heavy atom. The maximum Gasteiger partial charge on any atom is 0.246 e. The number of nitrogens with zero attached hydrogens (tertiary/aromatic N) is 1. The van der Waals surface area contributed by atoms with Gasteiger partial charge >= 0.3 is 0 Å². The molecule has 0 bridgehead atoms. The van der Waals surface area contributed by atoms with Crippen molar-refractivity contribution in [3.63, 3.8) is 0 Å². The van der Waals surface area contributed by atoms with Gasteiger partial charge in [-0.15, -0.1) is 0 Å². The third-order valence-electron chi connectivity index (χ3n) is 5.68. The van der Waals surface area contributed by atoms with Crippen LogP contribution in [0.25, 0.3) is 0 Å². The van der Waals surface area contributed by atoms with E-state index in [1.54, 1.807) is 21.3 Å². The normalized spacial score (nSPS) is 16.9. The van der Waals surface area contributed by atoms with Gasteiger partial charge in [-0.3, -0.25) is 9.69 Å². The van der Waals surface area contributed by atoms with Gasteiger partial charge in [0.1, 0.15) is 12.4 Å². The zero-order valence-electron chi connectivity index (χ0n) is 18.9. The quantitative estimate of drug-likeness (QED) is 0.662. The van der Waals surface area contributed by atoms with E-state index in [9.17, 15) is 4.79 Å². The van der Waals surface area contributed by atoms with Crippen molar-refractivity contribution >= 4 is 5.91 Å². The van der Waals surface area contributed by atoms with E-state index in [1.165, 1.54) is 12.7 Å². The second-order valence-electron chi connectivity index (χ2n) is 7.71. The average Bonchev–Trinajstić information content (AvgIpc) is 2.78. The van der Waals surface area contributed by atoms with E-state index in [2.05, 4.69) is 22.3 Å². The summed E-state index contributed by atoms with van der Waals surface area (Å²) >= 11 is 0. The number of amides is 1. The molecular weight excluding hydrogens is 396 g/mol. The Labute approximate surface area is 184 Å². The Morgan fingerprint density at radius 1 is 1.10 bits per heavy atom. The molecule has 0 radical (unpaired) electrons. The van der Waals surface area contributed by atoms with Crippen LogP contribution in [-0.4, -0.2) is 58.4 Å². The Hall–Kier alpha value is -2.77. The number of hydrogen-bond donors (Lipinski definition) is 1. The zero-order valence-corrected chi connectivity index (χ0v) is 18.9. The monoisotopic (exact) mass is 428 g/mol. The molecule has 1 aliphatic rings. The van der Waals surface area contributed by atoms with Gasteiger partial charge in [-0.1, -0.05) is 12.1 Å². The number of hydrogen-bond acceptors (Lipinski definition) is 6. The van der Waals surface area contributed by atoms with Crippen molar-refractivity contribution in [2.75, 3.05) is 41.6 Å². The standard InChI is InChI=1S/C24H32N2O5/c1-16(25-23(27)15-28-2)24-20-13-22(31-5)21(30-4)12-18(20)9-10-26(24)14-17-7-6-8-19(11-17)29-3/h6-8,11-13,16,24H,9-10,14-15H2,1-5H3,(H,25,27)/t16-,24-/m1/s1. The van der Waals surface area contributed by atoms with Crippen molar-refractivity contribution < 1.29 is 23.7 Å². The van der Waals surface area contributed by atoms with Crippen molar-refractivity contribution in [3.05, 3.63) is 53.1 Å². The van der Waals surface area contributed by atoms with Crippen molar-refractivity contribution in [1.29, 1.82) is 0 Å². The van der Waals surface area contributed by atoms with E-state index in [1.807, 2.05) is 31.2 Å². The van der Waals surface area contributed by atoms with Crippen LogP contribution in [-0.2, 0) is 22.5 Å². The number of fused-ring (bicyclic) bond motifs is 1. The van der Waals surface area contributed by atoms with Gasteiger partial charge in [0.2, 0.25) is 5.91 Å². The predicted octanol–water partition coefficient (Wildman–Crippen LogP) is 2.96. The van der Waals surface area contributed by atoms with Crippen LogP contribution in [0.5, 0.6) is 17.2 Å². The van der Waals surface area contributed by atoms with Crippen LogP contribution in [0.1, 0.15) is 29.7 Å². The van der Waals surface area contributed by atoms with Crippen molar-refractivity contribution in [2.24, 2.45) is 0 Å². The molecule has 0 aliphatic carbocycles. The van der Waals surface area contributed by atoms with Crippen LogP contribution >= 0.6 is 0 Å².